The van der Waals surface area contributed by atoms with Crippen molar-refractivity contribution in [2.45, 2.75) is 10.8 Å². The summed E-state index contributed by atoms with van der Waals surface area (Å²) in [5.41, 5.74) is 0.818. The lowest BCUT2D eigenvalue weighted by molar-refractivity contribution is 0.443. The van der Waals surface area contributed by atoms with Gasteiger partial charge < -0.3 is 0 Å². The van der Waals surface area contributed by atoms with Crippen LogP contribution < -0.4 is 0 Å². The molecule has 8 heteroatoms. The molecule has 0 bridgehead atoms. The number of thiophene rings is 1. The summed E-state index contributed by atoms with van der Waals surface area (Å²) in [5.74, 6) is 0. The largest absolute Gasteiger partial charge is 0.253 e. The average molecular weight is 406 g/mol. The van der Waals surface area contributed by atoms with E-state index in [-0.39, 0.29) is 17.3 Å². The van der Waals surface area contributed by atoms with Gasteiger partial charge in [-0.2, -0.15) is 9.57 Å². The summed E-state index contributed by atoms with van der Waals surface area (Å²) >= 11 is 10.1. The van der Waals surface area contributed by atoms with Crippen molar-refractivity contribution in [2.24, 2.45) is 0 Å². The number of benzene rings is 1. The molecule has 0 aliphatic heterocycles. The fraction of sp³-hybridized carbons (Fsp3) is 0.154. The highest BCUT2D eigenvalue weighted by Crippen LogP contribution is 2.36. The van der Waals surface area contributed by atoms with Crippen LogP contribution in [0.25, 0.3) is 0 Å². The van der Waals surface area contributed by atoms with Gasteiger partial charge in [0.2, 0.25) is 0 Å². The van der Waals surface area contributed by atoms with E-state index in [4.69, 9.17) is 16.9 Å². The second-order valence-electron chi connectivity index (χ2n) is 4.10. The first-order chi connectivity index (χ1) is 9.95. The van der Waals surface area contributed by atoms with Crippen molar-refractivity contribution in [3.63, 3.8) is 0 Å². The predicted molar refractivity (Wildman–Crippen MR) is 86.7 cm³/mol. The van der Waals surface area contributed by atoms with Gasteiger partial charge in [0.25, 0.3) is 10.0 Å². The summed E-state index contributed by atoms with van der Waals surface area (Å²) in [4.78, 5) is 0. The molecular formula is C13H10BrClN2O2S2. The molecule has 110 valence electrons. The van der Waals surface area contributed by atoms with E-state index in [1.165, 1.54) is 6.07 Å². The molecule has 0 amide bonds. The Labute approximate surface area is 140 Å². The summed E-state index contributed by atoms with van der Waals surface area (Å²) < 4.78 is 27.0. The molecule has 0 saturated heterocycles. The number of hydrogen-bond donors (Lipinski definition) is 0. The smallest absolute Gasteiger partial charge is 0.206 e. The number of halogens is 2. The number of rotatable bonds is 5. The van der Waals surface area contributed by atoms with Gasteiger partial charge in [0.1, 0.15) is 10.8 Å². The standard InChI is InChI=1S/C13H10BrClN2O2S2/c14-13-11(15)8-12(20-13)21(18,19)17(7-6-16)9-10-4-2-1-3-5-10/h1-5,8H,7,9H2. The molecule has 4 nitrogen and oxygen atoms in total. The first-order valence-electron chi connectivity index (χ1n) is 5.81. The predicted octanol–water partition coefficient (Wildman–Crippen LogP) is 3.88. The van der Waals surface area contributed by atoms with Gasteiger partial charge in [-0.05, 0) is 27.6 Å². The maximum Gasteiger partial charge on any atom is 0.253 e. The summed E-state index contributed by atoms with van der Waals surface area (Å²) in [5, 5.41) is 9.24. The Kier molecular flexibility index (Phi) is 5.41. The van der Waals surface area contributed by atoms with Crippen molar-refractivity contribution in [1.29, 1.82) is 5.26 Å². The molecule has 0 fully saturated rings. The third kappa shape index (κ3) is 3.84. The zero-order chi connectivity index (χ0) is 15.5. The molecule has 1 heterocycles. The molecule has 0 saturated carbocycles. The zero-order valence-electron chi connectivity index (χ0n) is 10.7. The van der Waals surface area contributed by atoms with E-state index in [9.17, 15) is 8.42 Å². The monoisotopic (exact) mass is 404 g/mol. The van der Waals surface area contributed by atoms with E-state index in [2.05, 4.69) is 15.9 Å². The average Bonchev–Trinajstić information content (AvgIpc) is 2.80. The lowest BCUT2D eigenvalue weighted by Crippen LogP contribution is -2.30. The van der Waals surface area contributed by atoms with Gasteiger partial charge >= 0.3 is 0 Å². The molecule has 21 heavy (non-hydrogen) atoms. The van der Waals surface area contributed by atoms with E-state index in [1.54, 1.807) is 0 Å². The minimum absolute atomic E-state index is 0.116. The molecule has 0 N–H and O–H groups in total. The zero-order valence-corrected chi connectivity index (χ0v) is 14.6. The van der Waals surface area contributed by atoms with Crippen LogP contribution in [-0.2, 0) is 16.6 Å². The molecule has 2 aromatic rings. The van der Waals surface area contributed by atoms with Crippen LogP contribution in [0.4, 0.5) is 0 Å². The van der Waals surface area contributed by atoms with Gasteiger partial charge in [0, 0.05) is 6.54 Å². The van der Waals surface area contributed by atoms with Crippen LogP contribution >= 0.6 is 38.9 Å². The van der Waals surface area contributed by atoms with Gasteiger partial charge in [-0.15, -0.1) is 11.3 Å². The first kappa shape index (κ1) is 16.5. The van der Waals surface area contributed by atoms with Crippen molar-refractivity contribution in [2.75, 3.05) is 6.54 Å². The minimum Gasteiger partial charge on any atom is -0.206 e. The number of hydrogen-bond acceptors (Lipinski definition) is 4. The van der Waals surface area contributed by atoms with Crippen molar-refractivity contribution in [1.82, 2.24) is 4.31 Å². The van der Waals surface area contributed by atoms with E-state index in [0.717, 1.165) is 21.2 Å². The molecule has 1 aromatic carbocycles. The van der Waals surface area contributed by atoms with Gasteiger partial charge in [0.05, 0.1) is 14.9 Å². The second-order valence-corrected chi connectivity index (χ2v) is 9.05. The van der Waals surface area contributed by atoms with Crippen LogP contribution in [-0.4, -0.2) is 19.3 Å². The van der Waals surface area contributed by atoms with E-state index < -0.39 is 10.0 Å². The Balaban J connectivity index is 2.35. The van der Waals surface area contributed by atoms with Gasteiger partial charge in [-0.3, -0.25) is 0 Å². The Morgan fingerprint density at radius 2 is 2.00 bits per heavy atom. The molecular weight excluding hydrogens is 396 g/mol. The van der Waals surface area contributed by atoms with Crippen LogP contribution in [0.3, 0.4) is 0 Å². The normalized spacial score (nSPS) is 11.5. The molecule has 0 radical (unpaired) electrons. The van der Waals surface area contributed by atoms with Crippen LogP contribution in [0.1, 0.15) is 5.56 Å². The van der Waals surface area contributed by atoms with Crippen LogP contribution in [0, 0.1) is 11.3 Å². The molecule has 2 rings (SSSR count). The SMILES string of the molecule is N#CCN(Cc1ccccc1)S(=O)(=O)c1cc(Cl)c(Br)s1. The lowest BCUT2D eigenvalue weighted by atomic mass is 10.2. The maximum absolute atomic E-state index is 12.6. The van der Waals surface area contributed by atoms with E-state index >= 15 is 0 Å². The highest BCUT2D eigenvalue weighted by Gasteiger charge is 2.27. The van der Waals surface area contributed by atoms with Crippen LogP contribution in [0.5, 0.6) is 0 Å². The minimum atomic E-state index is -3.75. The van der Waals surface area contributed by atoms with Crippen LogP contribution in [0.2, 0.25) is 5.02 Å². The Bertz CT molecular complexity index is 750. The quantitative estimate of drug-likeness (QED) is 0.709. The summed E-state index contributed by atoms with van der Waals surface area (Å²) in [6, 6.07) is 12.4. The maximum atomic E-state index is 12.6. The van der Waals surface area contributed by atoms with E-state index in [1.807, 2.05) is 36.4 Å². The third-order valence-corrected chi connectivity index (χ3v) is 7.38. The summed E-state index contributed by atoms with van der Waals surface area (Å²) in [6.07, 6.45) is 0. The topological polar surface area (TPSA) is 61.2 Å². The Morgan fingerprint density at radius 3 is 2.52 bits per heavy atom. The van der Waals surface area contributed by atoms with Gasteiger partial charge in [-0.1, -0.05) is 41.9 Å². The number of nitriles is 1. The fourth-order valence-corrected chi connectivity index (χ4v) is 5.55. The third-order valence-electron chi connectivity index (χ3n) is 2.67. The van der Waals surface area contributed by atoms with Crippen molar-refractivity contribution >= 4 is 48.9 Å². The van der Waals surface area contributed by atoms with Crippen LogP contribution in [0.15, 0.2) is 44.4 Å². The molecule has 0 atom stereocenters. The van der Waals surface area contributed by atoms with Crippen molar-refractivity contribution < 1.29 is 8.42 Å². The van der Waals surface area contributed by atoms with Gasteiger partial charge in [-0.25, -0.2) is 8.42 Å². The Hall–Kier alpha value is -0.910. The first-order valence-corrected chi connectivity index (χ1v) is 9.23. The molecule has 0 unspecified atom stereocenters. The van der Waals surface area contributed by atoms with Crippen molar-refractivity contribution in [3.05, 3.63) is 50.8 Å². The number of sulfonamides is 1. The summed E-state index contributed by atoms with van der Waals surface area (Å²) in [7, 11) is -3.75. The highest BCUT2D eigenvalue weighted by atomic mass is 79.9. The molecule has 1 aromatic heterocycles. The van der Waals surface area contributed by atoms with Crippen molar-refractivity contribution in [3.8, 4) is 6.07 Å². The fourth-order valence-electron chi connectivity index (χ4n) is 1.67. The summed E-state index contributed by atoms with van der Waals surface area (Å²) in [6.45, 7) is -0.0752. The molecule has 0 aliphatic carbocycles. The number of nitrogens with zero attached hydrogens (tertiary/aromatic N) is 2. The second kappa shape index (κ2) is 6.90. The lowest BCUT2D eigenvalue weighted by Gasteiger charge is -2.18. The van der Waals surface area contributed by atoms with E-state index in [0.29, 0.717) is 8.81 Å². The van der Waals surface area contributed by atoms with Gasteiger partial charge in [0.15, 0.2) is 0 Å². The molecule has 0 aliphatic rings. The molecule has 0 spiro atoms. The Morgan fingerprint density at radius 1 is 1.33 bits per heavy atom. The highest BCUT2D eigenvalue weighted by molar-refractivity contribution is 9.11.